The number of hydrogen-bond donors (Lipinski definition) is 1. The topological polar surface area (TPSA) is 37.3 Å². The largest absolute Gasteiger partial charge is 0.508 e. The maximum atomic E-state index is 13.1. The Balaban J connectivity index is 2.20. The molecule has 0 saturated carbocycles. The molecule has 0 bridgehead atoms. The fourth-order valence-electron chi connectivity index (χ4n) is 3.79. The van der Waals surface area contributed by atoms with E-state index in [0.29, 0.717) is 0 Å². The van der Waals surface area contributed by atoms with Gasteiger partial charge in [0.25, 0.3) is 0 Å². The molecule has 23 heavy (non-hydrogen) atoms. The zero-order valence-electron chi connectivity index (χ0n) is 13.5. The second-order valence-corrected chi connectivity index (χ2v) is 12.3. The SMILES string of the molecule is C[Si](C)(C)C1=c2cc(O)ccc2=C=C2c3ccccc3C(=O)C21. The summed E-state index contributed by atoms with van der Waals surface area (Å²) >= 11 is 0. The molecule has 2 aromatic rings. The smallest absolute Gasteiger partial charge is 0.175 e. The van der Waals surface area contributed by atoms with Gasteiger partial charge in [-0.2, -0.15) is 0 Å². The first kappa shape index (κ1) is 14.3. The van der Waals surface area contributed by atoms with Crippen LogP contribution in [0, 0.1) is 5.92 Å². The van der Waals surface area contributed by atoms with Crippen LogP contribution in [0.4, 0.5) is 0 Å². The lowest BCUT2D eigenvalue weighted by Crippen LogP contribution is -2.42. The zero-order valence-corrected chi connectivity index (χ0v) is 14.5. The van der Waals surface area contributed by atoms with Gasteiger partial charge in [-0.25, -0.2) is 0 Å². The van der Waals surface area contributed by atoms with Crippen LogP contribution in [0.1, 0.15) is 15.9 Å². The average Bonchev–Trinajstić information content (AvgIpc) is 2.77. The molecule has 3 heteroatoms. The Labute approximate surface area is 136 Å². The minimum absolute atomic E-state index is 0.175. The van der Waals surface area contributed by atoms with E-state index in [1.54, 1.807) is 12.1 Å². The van der Waals surface area contributed by atoms with Crippen LogP contribution in [0.2, 0.25) is 19.6 Å². The quantitative estimate of drug-likeness (QED) is 0.821. The molecule has 2 aromatic carbocycles. The van der Waals surface area contributed by atoms with E-state index in [-0.39, 0.29) is 17.5 Å². The summed E-state index contributed by atoms with van der Waals surface area (Å²) in [5.41, 5.74) is 6.27. The molecule has 0 saturated heterocycles. The fraction of sp³-hybridized carbons (Fsp3) is 0.200. The summed E-state index contributed by atoms with van der Waals surface area (Å²) in [5, 5.41) is 13.1. The van der Waals surface area contributed by atoms with Gasteiger partial charge in [0.15, 0.2) is 5.78 Å². The molecule has 1 atom stereocenters. The molecule has 0 aliphatic heterocycles. The minimum Gasteiger partial charge on any atom is -0.508 e. The molecule has 2 nitrogen and oxygen atoms in total. The summed E-state index contributed by atoms with van der Waals surface area (Å²) in [5.74, 6) is 0.190. The van der Waals surface area contributed by atoms with Gasteiger partial charge < -0.3 is 5.11 Å². The van der Waals surface area contributed by atoms with Gasteiger partial charge in [0, 0.05) is 16.4 Å². The van der Waals surface area contributed by atoms with Crippen molar-refractivity contribution in [3.8, 4) is 5.75 Å². The molecule has 4 rings (SSSR count). The molecule has 2 aliphatic carbocycles. The first-order chi connectivity index (χ1) is 10.9. The Morgan fingerprint density at radius 1 is 1.04 bits per heavy atom. The highest BCUT2D eigenvalue weighted by Crippen LogP contribution is 2.44. The number of carbonyl (C=O) groups excluding carboxylic acids is 1. The molecule has 0 amide bonds. The third kappa shape index (κ3) is 1.98. The van der Waals surface area contributed by atoms with Gasteiger partial charge in [-0.1, -0.05) is 49.1 Å². The number of phenols is 1. The molecule has 1 unspecified atom stereocenters. The second kappa shape index (κ2) is 4.57. The van der Waals surface area contributed by atoms with Gasteiger partial charge in [0.1, 0.15) is 5.75 Å². The lowest BCUT2D eigenvalue weighted by molar-refractivity contribution is 0.0980. The van der Waals surface area contributed by atoms with Crippen molar-refractivity contribution in [3.63, 3.8) is 0 Å². The van der Waals surface area contributed by atoms with Crippen molar-refractivity contribution in [2.45, 2.75) is 19.6 Å². The molecule has 0 fully saturated rings. The van der Waals surface area contributed by atoms with Crippen LogP contribution < -0.4 is 10.4 Å². The van der Waals surface area contributed by atoms with E-state index in [1.807, 2.05) is 30.3 Å². The first-order valence-electron chi connectivity index (χ1n) is 7.86. The van der Waals surface area contributed by atoms with Gasteiger partial charge in [0.05, 0.1) is 14.0 Å². The molecule has 2 aliphatic rings. The van der Waals surface area contributed by atoms with E-state index in [4.69, 9.17) is 0 Å². The number of phenolic OH excluding ortho intramolecular Hbond substituents is 1. The number of Topliss-reactive ketones (excluding diaryl/α,β-unsaturated/α-hetero) is 1. The normalized spacial score (nSPS) is 18.7. The van der Waals surface area contributed by atoms with Crippen molar-refractivity contribution >= 4 is 30.4 Å². The van der Waals surface area contributed by atoms with Crippen LogP contribution in [0.5, 0.6) is 5.75 Å². The number of hydrogen-bond acceptors (Lipinski definition) is 2. The summed E-state index contributed by atoms with van der Waals surface area (Å²) in [6, 6.07) is 13.2. The highest BCUT2D eigenvalue weighted by atomic mass is 28.3. The third-order valence-corrected chi connectivity index (χ3v) is 6.87. The third-order valence-electron chi connectivity index (χ3n) is 4.69. The number of carbonyl (C=O) groups is 1. The van der Waals surface area contributed by atoms with E-state index in [1.165, 1.54) is 5.20 Å². The Bertz CT molecular complexity index is 1020. The van der Waals surface area contributed by atoms with Crippen molar-refractivity contribution < 1.29 is 9.90 Å². The standard InChI is InChI=1S/C20H18O2Si/c1-23(2,3)20-16-11-13(21)9-8-12(16)10-17-14-6-4-5-7-15(14)19(22)18(17)20/h4-9,11,18,21H,1-3H3. The predicted molar refractivity (Wildman–Crippen MR) is 95.2 cm³/mol. The van der Waals surface area contributed by atoms with E-state index >= 15 is 0 Å². The Hall–Kier alpha value is -2.35. The predicted octanol–water partition coefficient (Wildman–Crippen LogP) is 2.71. The van der Waals surface area contributed by atoms with E-state index in [9.17, 15) is 9.90 Å². The molecule has 114 valence electrons. The van der Waals surface area contributed by atoms with Crippen LogP contribution in [-0.2, 0) is 0 Å². The fourth-order valence-corrected chi connectivity index (χ4v) is 5.95. The lowest BCUT2D eigenvalue weighted by atomic mass is 9.93. The number of rotatable bonds is 1. The number of aromatic hydroxyl groups is 1. The Kier molecular flexibility index (Phi) is 2.83. The summed E-state index contributed by atoms with van der Waals surface area (Å²) < 4.78 is 0. The molecule has 0 radical (unpaired) electrons. The monoisotopic (exact) mass is 318 g/mol. The summed E-state index contributed by atoms with van der Waals surface area (Å²) in [4.78, 5) is 13.1. The molecular weight excluding hydrogens is 300 g/mol. The molecule has 0 spiro atoms. The number of benzene rings is 2. The number of allylic oxidation sites excluding steroid dienone is 1. The van der Waals surface area contributed by atoms with E-state index in [2.05, 4.69) is 25.4 Å². The maximum absolute atomic E-state index is 13.1. The van der Waals surface area contributed by atoms with Gasteiger partial charge in [0.2, 0.25) is 0 Å². The van der Waals surface area contributed by atoms with Crippen LogP contribution in [-0.4, -0.2) is 19.0 Å². The molecule has 1 N–H and O–H groups in total. The summed E-state index contributed by atoms with van der Waals surface area (Å²) in [6.07, 6.45) is 0. The van der Waals surface area contributed by atoms with Crippen LogP contribution in [0.15, 0.2) is 42.5 Å². The van der Waals surface area contributed by atoms with Crippen molar-refractivity contribution in [1.82, 2.24) is 0 Å². The minimum atomic E-state index is -1.77. The second-order valence-electron chi connectivity index (χ2n) is 7.28. The zero-order chi connectivity index (χ0) is 16.4. The van der Waals surface area contributed by atoms with Crippen molar-refractivity contribution in [3.05, 3.63) is 64.0 Å². The van der Waals surface area contributed by atoms with Gasteiger partial charge >= 0.3 is 0 Å². The Morgan fingerprint density at radius 3 is 2.43 bits per heavy atom. The van der Waals surface area contributed by atoms with Crippen molar-refractivity contribution in [2.24, 2.45) is 5.92 Å². The Morgan fingerprint density at radius 2 is 1.74 bits per heavy atom. The van der Waals surface area contributed by atoms with Gasteiger partial charge in [-0.05, 0) is 29.0 Å². The lowest BCUT2D eigenvalue weighted by Gasteiger charge is -2.28. The van der Waals surface area contributed by atoms with E-state index < -0.39 is 8.07 Å². The van der Waals surface area contributed by atoms with Crippen molar-refractivity contribution in [2.75, 3.05) is 0 Å². The van der Waals surface area contributed by atoms with Crippen LogP contribution >= 0.6 is 0 Å². The highest BCUT2D eigenvalue weighted by Gasteiger charge is 2.42. The van der Waals surface area contributed by atoms with Crippen molar-refractivity contribution in [1.29, 1.82) is 0 Å². The molecule has 0 aromatic heterocycles. The average molecular weight is 318 g/mol. The molecular formula is C20H18O2Si. The highest BCUT2D eigenvalue weighted by molar-refractivity contribution is 6.93. The van der Waals surface area contributed by atoms with E-state index in [0.717, 1.165) is 27.1 Å². The maximum Gasteiger partial charge on any atom is 0.175 e. The summed E-state index contributed by atoms with van der Waals surface area (Å²) in [7, 11) is -1.77. The molecule has 0 heterocycles. The van der Waals surface area contributed by atoms with Gasteiger partial charge in [-0.15, -0.1) is 5.73 Å². The number of ketones is 1. The summed E-state index contributed by atoms with van der Waals surface area (Å²) in [6.45, 7) is 6.78. The van der Waals surface area contributed by atoms with Crippen LogP contribution in [0.3, 0.4) is 0 Å². The van der Waals surface area contributed by atoms with Gasteiger partial charge in [-0.3, -0.25) is 4.79 Å². The van der Waals surface area contributed by atoms with Crippen LogP contribution in [0.25, 0.3) is 16.5 Å². The first-order valence-corrected chi connectivity index (χ1v) is 11.4. The number of fused-ring (bicyclic) bond motifs is 4.